The van der Waals surface area contributed by atoms with Gasteiger partial charge in [0.1, 0.15) is 6.07 Å². The Morgan fingerprint density at radius 2 is 1.24 bits per heavy atom. The summed E-state index contributed by atoms with van der Waals surface area (Å²) in [6.45, 7) is 18.9. The van der Waals surface area contributed by atoms with Crippen molar-refractivity contribution >= 4 is 23.4 Å². The smallest absolute Gasteiger partial charge is 0.226 e. The van der Waals surface area contributed by atoms with E-state index in [0.29, 0.717) is 19.5 Å². The molecule has 0 heterocycles. The van der Waals surface area contributed by atoms with Gasteiger partial charge in [-0.15, -0.1) is 0 Å². The van der Waals surface area contributed by atoms with Crippen LogP contribution in [0.2, 0.25) is 0 Å². The summed E-state index contributed by atoms with van der Waals surface area (Å²) < 4.78 is 0. The number of fused-ring (bicyclic) bond motifs is 7. The summed E-state index contributed by atoms with van der Waals surface area (Å²) in [7, 11) is 0. The van der Waals surface area contributed by atoms with Gasteiger partial charge in [-0.1, -0.05) is 153 Å². The van der Waals surface area contributed by atoms with Crippen LogP contribution in [0.25, 0.3) is 0 Å². The molecule has 0 aromatic rings. The van der Waals surface area contributed by atoms with E-state index in [1.54, 1.807) is 0 Å². The van der Waals surface area contributed by atoms with E-state index in [4.69, 9.17) is 0 Å². The number of carbonyl (C=O) groups excluding carboxylic acids is 4. The minimum Gasteiger partial charge on any atom is -0.356 e. The van der Waals surface area contributed by atoms with E-state index < -0.39 is 16.2 Å². The lowest BCUT2D eigenvalue weighted by Gasteiger charge is -2.67. The van der Waals surface area contributed by atoms with Crippen molar-refractivity contribution in [2.24, 2.45) is 50.2 Å². The molecule has 0 radical (unpaired) electrons. The number of hydrogen-bond acceptors (Lipinski definition) is 5. The summed E-state index contributed by atoms with van der Waals surface area (Å²) in [5.41, 5.74) is -1.09. The summed E-state index contributed by atoms with van der Waals surface area (Å²) in [6, 6.07) is 2.22. The molecule has 5 aliphatic carbocycles. The van der Waals surface area contributed by atoms with Crippen molar-refractivity contribution in [1.82, 2.24) is 10.6 Å². The molecule has 7 unspecified atom stereocenters. The number of Topliss-reactive ketones (excluding diaryl/α,β-unsaturated/α-hetero) is 1. The summed E-state index contributed by atoms with van der Waals surface area (Å²) in [4.78, 5) is 55.5. The molecule has 7 atom stereocenters. The summed E-state index contributed by atoms with van der Waals surface area (Å²) >= 11 is 0. The SMILES string of the molecule is CCC=CCC=CCC=CCC=CCC=CCC=CCCC(=O)NCCCCCCNC(=O)C12CCC(C)(C)CCC1C1C(=O)C=C3C4(C)C=C(C#N)C(=O)C(C)(C)C4CCC3(C)C1(C)CC2. The van der Waals surface area contributed by atoms with E-state index in [0.717, 1.165) is 128 Å². The number of allylic oxidation sites excluding steroid dienone is 16. The predicted octanol–water partition coefficient (Wildman–Crippen LogP) is 13.9. The van der Waals surface area contributed by atoms with Crippen LogP contribution in [0, 0.1) is 61.6 Å². The molecule has 3 saturated carbocycles. The molecular weight excluding hydrogens is 827 g/mol. The fourth-order valence-electron chi connectivity index (χ4n) is 13.3. The molecule has 5 aliphatic rings. The minimum absolute atomic E-state index is 0.00683. The zero-order valence-electron chi connectivity index (χ0n) is 43.0. The van der Waals surface area contributed by atoms with Gasteiger partial charge in [-0.2, -0.15) is 5.26 Å². The first-order valence-electron chi connectivity index (χ1n) is 26.3. The highest BCUT2D eigenvalue weighted by Gasteiger charge is 2.70. The fourth-order valence-corrected chi connectivity index (χ4v) is 13.3. The largest absolute Gasteiger partial charge is 0.356 e. The second kappa shape index (κ2) is 23.8. The number of rotatable bonds is 22. The lowest BCUT2D eigenvalue weighted by molar-refractivity contribution is -0.168. The van der Waals surface area contributed by atoms with E-state index in [1.807, 2.05) is 26.0 Å². The average molecular weight is 914 g/mol. The first-order chi connectivity index (χ1) is 31.9. The fraction of sp³-hybridized carbons (Fsp3) is 0.650. The van der Waals surface area contributed by atoms with E-state index in [-0.39, 0.29) is 63.0 Å². The van der Waals surface area contributed by atoms with Gasteiger partial charge in [-0.05, 0) is 143 Å². The predicted molar refractivity (Wildman–Crippen MR) is 275 cm³/mol. The van der Waals surface area contributed by atoms with Crippen LogP contribution < -0.4 is 10.6 Å². The summed E-state index contributed by atoms with van der Waals surface area (Å²) in [5.74, 6) is -0.0158. The van der Waals surface area contributed by atoms with Crippen LogP contribution in [0.5, 0.6) is 0 Å². The third-order valence-corrected chi connectivity index (χ3v) is 17.5. The molecule has 7 heteroatoms. The maximum Gasteiger partial charge on any atom is 0.226 e. The van der Waals surface area contributed by atoms with Crippen molar-refractivity contribution in [2.45, 2.75) is 184 Å². The molecule has 0 aromatic heterocycles. The molecule has 0 aliphatic heterocycles. The monoisotopic (exact) mass is 914 g/mol. The van der Waals surface area contributed by atoms with Crippen LogP contribution in [-0.4, -0.2) is 36.5 Å². The second-order valence-electron chi connectivity index (χ2n) is 22.7. The number of ketones is 2. The Balaban J connectivity index is 1.04. The highest BCUT2D eigenvalue weighted by molar-refractivity contribution is 6.04. The molecule has 0 aromatic carbocycles. The lowest BCUT2D eigenvalue weighted by Crippen LogP contribution is -2.65. The Bertz CT molecular complexity index is 2050. The molecule has 0 saturated heterocycles. The van der Waals surface area contributed by atoms with Gasteiger partial charge in [0.2, 0.25) is 11.8 Å². The van der Waals surface area contributed by atoms with Gasteiger partial charge in [-0.3, -0.25) is 19.2 Å². The number of unbranched alkanes of at least 4 members (excludes halogenated alkanes) is 3. The van der Waals surface area contributed by atoms with Crippen molar-refractivity contribution in [3.63, 3.8) is 0 Å². The third kappa shape index (κ3) is 12.3. The number of carbonyl (C=O) groups is 4. The standard InChI is InChI=1S/C60H87N3O4/c1-9-10-11-12-13-14-15-16-17-18-19-20-21-22-23-24-25-26-29-32-51(65)62-41-30-27-28-31-42-63-54(67)60-39-37-55(2,3)35-33-47(60)52-48(64)43-50-57(6)44-46(45-61)53(66)56(4,5)49(57)34-36-58(50,7)59(52,8)38-40-60/h10-11,13-14,16-17,19-20,22-23,25-26,43-44,47,49,52H,9,12,15,18,21,24,27-42H2,1-8H3,(H,62,65)(H,63,67). The van der Waals surface area contributed by atoms with E-state index in [1.165, 1.54) is 0 Å². The van der Waals surface area contributed by atoms with Gasteiger partial charge in [0.15, 0.2) is 11.6 Å². The average Bonchev–Trinajstić information content (AvgIpc) is 3.43. The van der Waals surface area contributed by atoms with Crippen LogP contribution in [0.4, 0.5) is 0 Å². The highest BCUT2D eigenvalue weighted by Crippen LogP contribution is 2.74. The summed E-state index contributed by atoms with van der Waals surface area (Å²) in [6.07, 6.45) is 47.9. The van der Waals surface area contributed by atoms with Gasteiger partial charge in [0.25, 0.3) is 0 Å². The molecular formula is C60H87N3O4. The van der Waals surface area contributed by atoms with Gasteiger partial charge in [0.05, 0.1) is 11.0 Å². The molecule has 3 fully saturated rings. The second-order valence-corrected chi connectivity index (χ2v) is 22.7. The number of nitrogens with one attached hydrogen (secondary N) is 2. The van der Waals surface area contributed by atoms with Crippen molar-refractivity contribution in [2.75, 3.05) is 13.1 Å². The Kier molecular flexibility index (Phi) is 19.1. The van der Waals surface area contributed by atoms with Gasteiger partial charge in [-0.25, -0.2) is 0 Å². The van der Waals surface area contributed by atoms with Crippen molar-refractivity contribution in [3.8, 4) is 6.07 Å². The molecule has 366 valence electrons. The zero-order valence-corrected chi connectivity index (χ0v) is 43.0. The van der Waals surface area contributed by atoms with Gasteiger partial charge < -0.3 is 10.6 Å². The van der Waals surface area contributed by atoms with Crippen LogP contribution in [-0.2, 0) is 19.2 Å². The van der Waals surface area contributed by atoms with Crippen LogP contribution in [0.1, 0.15) is 184 Å². The van der Waals surface area contributed by atoms with Gasteiger partial charge in [0, 0.05) is 36.3 Å². The molecule has 2 N–H and O–H groups in total. The van der Waals surface area contributed by atoms with Crippen molar-refractivity contribution < 1.29 is 19.2 Å². The Labute approximate surface area is 406 Å². The Morgan fingerprint density at radius 3 is 1.82 bits per heavy atom. The Morgan fingerprint density at radius 1 is 0.687 bits per heavy atom. The zero-order chi connectivity index (χ0) is 48.8. The van der Waals surface area contributed by atoms with Gasteiger partial charge >= 0.3 is 0 Å². The summed E-state index contributed by atoms with van der Waals surface area (Å²) in [5, 5.41) is 16.6. The number of nitrogens with zero attached hydrogens (tertiary/aromatic N) is 1. The van der Waals surface area contributed by atoms with Crippen LogP contribution >= 0.6 is 0 Å². The van der Waals surface area contributed by atoms with E-state index in [9.17, 15) is 24.4 Å². The quantitative estimate of drug-likeness (QED) is 0.0829. The minimum atomic E-state index is -0.697. The van der Waals surface area contributed by atoms with Crippen molar-refractivity contribution in [1.29, 1.82) is 5.26 Å². The van der Waals surface area contributed by atoms with E-state index in [2.05, 4.69) is 131 Å². The number of hydrogen-bond donors (Lipinski definition) is 2. The third-order valence-electron chi connectivity index (χ3n) is 17.5. The topological polar surface area (TPSA) is 116 Å². The molecule has 5 rings (SSSR count). The molecule has 67 heavy (non-hydrogen) atoms. The maximum atomic E-state index is 14.9. The molecule has 0 spiro atoms. The Hall–Kier alpha value is -4.31. The molecule has 2 amide bonds. The van der Waals surface area contributed by atoms with Crippen molar-refractivity contribution in [3.05, 3.63) is 96.2 Å². The molecule has 7 nitrogen and oxygen atoms in total. The van der Waals surface area contributed by atoms with Crippen LogP contribution in [0.3, 0.4) is 0 Å². The normalized spacial score (nSPS) is 31.4. The van der Waals surface area contributed by atoms with E-state index >= 15 is 0 Å². The number of amides is 2. The first kappa shape index (κ1) is 53.6. The van der Waals surface area contributed by atoms with Crippen LogP contribution in [0.15, 0.2) is 96.2 Å². The first-order valence-corrected chi connectivity index (χ1v) is 26.3. The highest BCUT2D eigenvalue weighted by atomic mass is 16.2. The molecule has 0 bridgehead atoms. The lowest BCUT2D eigenvalue weighted by atomic mass is 9.35. The number of nitriles is 1. The maximum absolute atomic E-state index is 14.9.